The normalized spacial score (nSPS) is 12.3. The van der Waals surface area contributed by atoms with Gasteiger partial charge in [-0.25, -0.2) is 4.57 Å². The van der Waals surface area contributed by atoms with Crippen molar-refractivity contribution in [1.82, 2.24) is 0 Å². The molecule has 0 saturated carbocycles. The van der Waals surface area contributed by atoms with E-state index in [1.807, 2.05) is 0 Å². The van der Waals surface area contributed by atoms with Crippen LogP contribution in [-0.2, 0) is 7.05 Å². The number of ether oxygens (including phenoxy) is 1. The van der Waals surface area contributed by atoms with Crippen LogP contribution in [0.25, 0.3) is 32.8 Å². The highest BCUT2D eigenvalue weighted by Crippen LogP contribution is 2.48. The number of hydrogen-bond acceptors (Lipinski definition) is 1. The molecule has 0 unspecified atom stereocenters. The van der Waals surface area contributed by atoms with Crippen LogP contribution in [0.15, 0.2) is 54.7 Å². The second kappa shape index (κ2) is 4.57. The fourth-order valence-corrected chi connectivity index (χ4v) is 3.99. The molecule has 3 aromatic carbocycles. The monoisotopic (exact) mass is 312 g/mol. The quantitative estimate of drug-likeness (QED) is 0.358. The molecule has 1 aromatic heterocycles. The van der Waals surface area contributed by atoms with Crippen molar-refractivity contribution in [2.45, 2.75) is 13.8 Å². The number of pyridine rings is 1. The van der Waals surface area contributed by atoms with Crippen molar-refractivity contribution in [2.24, 2.45) is 7.05 Å². The van der Waals surface area contributed by atoms with Crippen molar-refractivity contribution in [1.29, 1.82) is 0 Å². The molecule has 2 nitrogen and oxygen atoms in total. The standard InChI is InChI=1S/C22H18NO/c1-13-6-4-8-16-14(2)20-19(12-17(13)16)24-18-9-5-7-15-10-11-23(3)22(20)21(15)18/h4-12H,1-3H3/q+1. The minimum absolute atomic E-state index is 0.943. The number of aryl methyl sites for hydroxylation is 3. The van der Waals surface area contributed by atoms with E-state index in [0.717, 1.165) is 11.5 Å². The van der Waals surface area contributed by atoms with Gasteiger partial charge in [0.1, 0.15) is 18.5 Å². The second-order valence-corrected chi connectivity index (χ2v) is 6.64. The van der Waals surface area contributed by atoms with E-state index >= 15 is 0 Å². The van der Waals surface area contributed by atoms with Gasteiger partial charge in [0.25, 0.3) is 0 Å². The maximum Gasteiger partial charge on any atom is 0.228 e. The number of nitrogens with zero attached hydrogens (tertiary/aromatic N) is 1. The van der Waals surface area contributed by atoms with Gasteiger partial charge in [0.15, 0.2) is 6.20 Å². The van der Waals surface area contributed by atoms with E-state index in [2.05, 4.69) is 80.2 Å². The molecule has 1 aliphatic heterocycles. The van der Waals surface area contributed by atoms with Crippen molar-refractivity contribution in [3.8, 4) is 22.8 Å². The fourth-order valence-electron chi connectivity index (χ4n) is 3.99. The smallest absolute Gasteiger partial charge is 0.228 e. The third-order valence-electron chi connectivity index (χ3n) is 5.21. The Labute approximate surface area is 140 Å². The Bertz CT molecular complexity index is 1160. The molecule has 0 aliphatic carbocycles. The molecule has 116 valence electrons. The molecule has 5 rings (SSSR count). The summed E-state index contributed by atoms with van der Waals surface area (Å²) in [5.74, 6) is 1.90. The SMILES string of the molecule is Cc1cccc2c(C)c3c(cc12)Oc1cccc2cc[n+](C)c-3c12. The van der Waals surface area contributed by atoms with E-state index in [4.69, 9.17) is 4.74 Å². The Kier molecular flexibility index (Phi) is 2.58. The van der Waals surface area contributed by atoms with Gasteiger partial charge >= 0.3 is 0 Å². The summed E-state index contributed by atoms with van der Waals surface area (Å²) in [4.78, 5) is 0. The van der Waals surface area contributed by atoms with Crippen molar-refractivity contribution in [3.05, 3.63) is 65.9 Å². The topological polar surface area (TPSA) is 13.1 Å². The first-order valence-electron chi connectivity index (χ1n) is 8.27. The maximum absolute atomic E-state index is 6.34. The minimum Gasteiger partial charge on any atom is -0.456 e. The summed E-state index contributed by atoms with van der Waals surface area (Å²) in [7, 11) is 2.11. The zero-order chi connectivity index (χ0) is 16.4. The van der Waals surface area contributed by atoms with Gasteiger partial charge in [0, 0.05) is 6.07 Å². The molecule has 4 aromatic rings. The molecule has 0 N–H and O–H groups in total. The van der Waals surface area contributed by atoms with Crippen LogP contribution in [0.2, 0.25) is 0 Å². The average molecular weight is 312 g/mol. The first kappa shape index (κ1) is 13.6. The van der Waals surface area contributed by atoms with E-state index < -0.39 is 0 Å². The van der Waals surface area contributed by atoms with Crippen LogP contribution in [0.4, 0.5) is 0 Å². The highest BCUT2D eigenvalue weighted by molar-refractivity contribution is 6.05. The second-order valence-electron chi connectivity index (χ2n) is 6.64. The van der Waals surface area contributed by atoms with Gasteiger partial charge in [-0.3, -0.25) is 0 Å². The van der Waals surface area contributed by atoms with Crippen LogP contribution in [0.1, 0.15) is 11.1 Å². The molecule has 0 fully saturated rings. The first-order valence-corrected chi connectivity index (χ1v) is 8.27. The van der Waals surface area contributed by atoms with Crippen molar-refractivity contribution in [2.75, 3.05) is 0 Å². The number of fused-ring (bicyclic) bond motifs is 3. The van der Waals surface area contributed by atoms with Crippen LogP contribution in [0.5, 0.6) is 11.5 Å². The number of aromatic nitrogens is 1. The Morgan fingerprint density at radius 1 is 0.875 bits per heavy atom. The third kappa shape index (κ3) is 1.63. The molecular formula is C22H18NO+. The van der Waals surface area contributed by atoms with Crippen LogP contribution < -0.4 is 9.30 Å². The van der Waals surface area contributed by atoms with E-state index in [9.17, 15) is 0 Å². The summed E-state index contributed by atoms with van der Waals surface area (Å²) in [6.45, 7) is 4.36. The van der Waals surface area contributed by atoms with E-state index in [-0.39, 0.29) is 0 Å². The lowest BCUT2D eigenvalue weighted by molar-refractivity contribution is -0.659. The van der Waals surface area contributed by atoms with Gasteiger partial charge in [0.05, 0.1) is 10.9 Å². The molecule has 0 spiro atoms. The summed E-state index contributed by atoms with van der Waals surface area (Å²) in [6, 6.07) is 17.1. The molecule has 24 heavy (non-hydrogen) atoms. The van der Waals surface area contributed by atoms with Gasteiger partial charge in [-0.1, -0.05) is 30.3 Å². The van der Waals surface area contributed by atoms with Gasteiger partial charge < -0.3 is 4.74 Å². The lowest BCUT2D eigenvalue weighted by atomic mass is 9.91. The van der Waals surface area contributed by atoms with Crippen LogP contribution in [0, 0.1) is 13.8 Å². The lowest BCUT2D eigenvalue weighted by Crippen LogP contribution is -2.31. The predicted molar refractivity (Wildman–Crippen MR) is 97.6 cm³/mol. The Balaban J connectivity index is 2.02. The minimum atomic E-state index is 0.943. The van der Waals surface area contributed by atoms with Crippen molar-refractivity contribution >= 4 is 21.5 Å². The number of benzene rings is 3. The largest absolute Gasteiger partial charge is 0.456 e. The van der Waals surface area contributed by atoms with Crippen LogP contribution >= 0.6 is 0 Å². The van der Waals surface area contributed by atoms with E-state index in [1.54, 1.807) is 0 Å². The van der Waals surface area contributed by atoms with Gasteiger partial charge in [-0.15, -0.1) is 0 Å². The maximum atomic E-state index is 6.34. The molecule has 0 saturated heterocycles. The molecule has 0 amide bonds. The highest BCUT2D eigenvalue weighted by atomic mass is 16.5. The summed E-state index contributed by atoms with van der Waals surface area (Å²) in [5, 5.41) is 4.98. The summed E-state index contributed by atoms with van der Waals surface area (Å²) >= 11 is 0. The van der Waals surface area contributed by atoms with Crippen LogP contribution in [-0.4, -0.2) is 0 Å². The molecule has 0 atom stereocenters. The van der Waals surface area contributed by atoms with Crippen molar-refractivity contribution in [3.63, 3.8) is 0 Å². The Morgan fingerprint density at radius 3 is 2.58 bits per heavy atom. The lowest BCUT2D eigenvalue weighted by Gasteiger charge is -2.22. The average Bonchev–Trinajstić information content (AvgIpc) is 2.58. The molecule has 0 bridgehead atoms. The fraction of sp³-hybridized carbons (Fsp3) is 0.136. The first-order chi connectivity index (χ1) is 11.6. The van der Waals surface area contributed by atoms with Gasteiger partial charge in [-0.2, -0.15) is 0 Å². The molecule has 1 aliphatic rings. The van der Waals surface area contributed by atoms with E-state index in [1.165, 1.54) is 43.9 Å². The molecule has 2 heteroatoms. The Hall–Kier alpha value is -2.87. The number of hydrogen-bond donors (Lipinski definition) is 0. The van der Waals surface area contributed by atoms with E-state index in [0.29, 0.717) is 0 Å². The molecule has 0 radical (unpaired) electrons. The molecule has 2 heterocycles. The van der Waals surface area contributed by atoms with Gasteiger partial charge in [0.2, 0.25) is 5.69 Å². The van der Waals surface area contributed by atoms with Crippen molar-refractivity contribution < 1.29 is 9.30 Å². The van der Waals surface area contributed by atoms with Crippen LogP contribution in [0.3, 0.4) is 0 Å². The summed E-state index contributed by atoms with van der Waals surface area (Å²) < 4.78 is 8.55. The number of rotatable bonds is 0. The third-order valence-corrected chi connectivity index (χ3v) is 5.21. The summed E-state index contributed by atoms with van der Waals surface area (Å²) in [6.07, 6.45) is 2.14. The zero-order valence-corrected chi connectivity index (χ0v) is 14.1. The Morgan fingerprint density at radius 2 is 1.71 bits per heavy atom. The molecular weight excluding hydrogens is 294 g/mol. The van der Waals surface area contributed by atoms with Gasteiger partial charge in [-0.05, 0) is 53.3 Å². The highest BCUT2D eigenvalue weighted by Gasteiger charge is 2.29. The summed E-state index contributed by atoms with van der Waals surface area (Å²) in [5.41, 5.74) is 5.01. The zero-order valence-electron chi connectivity index (χ0n) is 14.1. The predicted octanol–water partition coefficient (Wildman–Crippen LogP) is 5.21.